The first-order chi connectivity index (χ1) is 10.1. The lowest BCUT2D eigenvalue weighted by molar-refractivity contribution is -0.126. The minimum absolute atomic E-state index is 0.0290. The molecule has 1 aliphatic heterocycles. The Kier molecular flexibility index (Phi) is 4.98. The Hall–Kier alpha value is -1.86. The van der Waals surface area contributed by atoms with E-state index in [-0.39, 0.29) is 17.7 Å². The number of aryl methyl sites for hydroxylation is 1. The van der Waals surface area contributed by atoms with Gasteiger partial charge in [-0.05, 0) is 13.0 Å². The molecule has 1 saturated heterocycles. The lowest BCUT2D eigenvalue weighted by atomic mass is 10.1. The third-order valence-electron chi connectivity index (χ3n) is 3.60. The third-order valence-corrected chi connectivity index (χ3v) is 3.60. The van der Waals surface area contributed by atoms with Crippen molar-refractivity contribution >= 4 is 11.9 Å². The zero-order valence-electron chi connectivity index (χ0n) is 12.6. The average molecular weight is 295 g/mol. The Morgan fingerprint density at radius 1 is 1.57 bits per heavy atom. The lowest BCUT2D eigenvalue weighted by Gasteiger charge is -2.34. The number of hydrogen-bond donors (Lipinski definition) is 2. The van der Waals surface area contributed by atoms with E-state index in [1.807, 2.05) is 11.0 Å². The van der Waals surface area contributed by atoms with E-state index in [0.29, 0.717) is 18.8 Å². The van der Waals surface area contributed by atoms with Crippen LogP contribution in [0.15, 0.2) is 10.5 Å². The van der Waals surface area contributed by atoms with Gasteiger partial charge < -0.3 is 19.8 Å². The summed E-state index contributed by atoms with van der Waals surface area (Å²) in [5.41, 5.74) is 0.739. The smallest absolute Gasteiger partial charge is 0.374 e. The number of ether oxygens (including phenoxy) is 1. The molecule has 0 spiro atoms. The monoisotopic (exact) mass is 295 g/mol. The van der Waals surface area contributed by atoms with E-state index in [0.717, 1.165) is 18.7 Å². The first-order valence-corrected chi connectivity index (χ1v) is 6.90. The fourth-order valence-corrected chi connectivity index (χ4v) is 2.48. The van der Waals surface area contributed by atoms with Crippen molar-refractivity contribution in [2.75, 3.05) is 33.8 Å². The first-order valence-electron chi connectivity index (χ1n) is 6.90. The topological polar surface area (TPSA) is 83.8 Å². The van der Waals surface area contributed by atoms with Gasteiger partial charge in [0.15, 0.2) is 0 Å². The minimum atomic E-state index is -0.484. The van der Waals surface area contributed by atoms with Crippen molar-refractivity contribution in [1.82, 2.24) is 15.5 Å². The molecule has 0 aliphatic carbocycles. The van der Waals surface area contributed by atoms with Crippen LogP contribution in [-0.2, 0) is 16.1 Å². The number of carbonyl (C=O) groups excluding carboxylic acids is 2. The van der Waals surface area contributed by atoms with Crippen LogP contribution in [-0.4, -0.2) is 56.6 Å². The zero-order chi connectivity index (χ0) is 15.4. The van der Waals surface area contributed by atoms with Crippen molar-refractivity contribution in [1.29, 1.82) is 0 Å². The predicted octanol–water partition coefficient (Wildman–Crippen LogP) is -0.106. The summed E-state index contributed by atoms with van der Waals surface area (Å²) < 4.78 is 10.2. The molecule has 2 rings (SSSR count). The van der Waals surface area contributed by atoms with Crippen molar-refractivity contribution in [2.24, 2.45) is 0 Å². The Morgan fingerprint density at radius 3 is 3.00 bits per heavy atom. The molecule has 1 aromatic heterocycles. The summed E-state index contributed by atoms with van der Waals surface area (Å²) in [7, 11) is 2.95. The van der Waals surface area contributed by atoms with Crippen LogP contribution in [0.25, 0.3) is 0 Å². The van der Waals surface area contributed by atoms with Gasteiger partial charge in [0.2, 0.25) is 11.7 Å². The zero-order valence-corrected chi connectivity index (χ0v) is 12.6. The van der Waals surface area contributed by atoms with Crippen molar-refractivity contribution in [3.8, 4) is 0 Å². The van der Waals surface area contributed by atoms with Crippen LogP contribution in [0.3, 0.4) is 0 Å². The van der Waals surface area contributed by atoms with Crippen molar-refractivity contribution in [3.63, 3.8) is 0 Å². The highest BCUT2D eigenvalue weighted by Crippen LogP contribution is 2.18. The van der Waals surface area contributed by atoms with Crippen LogP contribution in [0.5, 0.6) is 0 Å². The molecule has 1 fully saturated rings. The van der Waals surface area contributed by atoms with Gasteiger partial charge in [-0.1, -0.05) is 0 Å². The summed E-state index contributed by atoms with van der Waals surface area (Å²) in [6.45, 7) is 4.44. The molecule has 0 radical (unpaired) electrons. The molecular weight excluding hydrogens is 274 g/mol. The van der Waals surface area contributed by atoms with Crippen LogP contribution < -0.4 is 10.6 Å². The van der Waals surface area contributed by atoms with Gasteiger partial charge in [-0.25, -0.2) is 4.79 Å². The maximum Gasteiger partial charge on any atom is 0.374 e. The summed E-state index contributed by atoms with van der Waals surface area (Å²) >= 11 is 0. The number of carbonyl (C=O) groups is 2. The molecule has 1 aromatic rings. The van der Waals surface area contributed by atoms with Crippen molar-refractivity contribution in [2.45, 2.75) is 19.5 Å². The van der Waals surface area contributed by atoms with Gasteiger partial charge in [0.1, 0.15) is 11.8 Å². The molecule has 1 amide bonds. The molecule has 7 heteroatoms. The molecule has 116 valence electrons. The van der Waals surface area contributed by atoms with E-state index in [1.165, 1.54) is 7.11 Å². The molecule has 21 heavy (non-hydrogen) atoms. The molecule has 2 N–H and O–H groups in total. The molecule has 0 saturated carbocycles. The molecular formula is C14H21N3O4. The van der Waals surface area contributed by atoms with Gasteiger partial charge in [0.05, 0.1) is 13.7 Å². The minimum Gasteiger partial charge on any atom is -0.463 e. The van der Waals surface area contributed by atoms with Crippen LogP contribution in [0.1, 0.15) is 21.9 Å². The van der Waals surface area contributed by atoms with E-state index < -0.39 is 5.97 Å². The van der Waals surface area contributed by atoms with Gasteiger partial charge in [-0.15, -0.1) is 0 Å². The number of furan rings is 1. The fourth-order valence-electron chi connectivity index (χ4n) is 2.48. The predicted molar refractivity (Wildman–Crippen MR) is 75.9 cm³/mol. The van der Waals surface area contributed by atoms with E-state index in [2.05, 4.69) is 15.4 Å². The number of likely N-dealkylation sites (N-methyl/N-ethyl adjacent to an activating group) is 1. The standard InChI is InChI=1S/C14H21N3O4/c1-9-6-10(21-12(9)14(19)20-3)8-17-5-4-16-7-11(17)13(18)15-2/h6,11,16H,4-5,7-8H2,1-3H3,(H,15,18). The van der Waals surface area contributed by atoms with E-state index >= 15 is 0 Å². The number of hydrogen-bond acceptors (Lipinski definition) is 6. The fraction of sp³-hybridized carbons (Fsp3) is 0.571. The van der Waals surface area contributed by atoms with Gasteiger partial charge in [0, 0.05) is 32.2 Å². The van der Waals surface area contributed by atoms with Crippen LogP contribution in [0.2, 0.25) is 0 Å². The normalized spacial score (nSPS) is 19.3. The summed E-state index contributed by atoms with van der Waals surface area (Å²) in [5, 5.41) is 5.87. The Labute approximate surface area is 123 Å². The van der Waals surface area contributed by atoms with E-state index in [4.69, 9.17) is 4.42 Å². The maximum atomic E-state index is 11.9. The Morgan fingerprint density at radius 2 is 2.33 bits per heavy atom. The number of rotatable bonds is 4. The number of piperazine rings is 1. The highest BCUT2D eigenvalue weighted by molar-refractivity contribution is 5.87. The largest absolute Gasteiger partial charge is 0.463 e. The Balaban J connectivity index is 2.12. The molecule has 1 aliphatic rings. The van der Waals surface area contributed by atoms with E-state index in [1.54, 1.807) is 14.0 Å². The average Bonchev–Trinajstić information content (AvgIpc) is 2.86. The lowest BCUT2D eigenvalue weighted by Crippen LogP contribution is -2.56. The van der Waals surface area contributed by atoms with Crippen molar-refractivity contribution in [3.05, 3.63) is 23.2 Å². The number of nitrogens with one attached hydrogen (secondary N) is 2. The number of esters is 1. The van der Waals surface area contributed by atoms with Crippen LogP contribution in [0, 0.1) is 6.92 Å². The third kappa shape index (κ3) is 3.43. The number of nitrogens with zero attached hydrogens (tertiary/aromatic N) is 1. The molecule has 1 unspecified atom stereocenters. The number of amides is 1. The quantitative estimate of drug-likeness (QED) is 0.754. The van der Waals surface area contributed by atoms with Crippen LogP contribution in [0.4, 0.5) is 0 Å². The molecule has 0 aromatic carbocycles. The first kappa shape index (κ1) is 15.5. The molecule has 7 nitrogen and oxygen atoms in total. The highest BCUT2D eigenvalue weighted by atomic mass is 16.5. The Bertz CT molecular complexity index is 526. The van der Waals surface area contributed by atoms with Gasteiger partial charge in [-0.2, -0.15) is 0 Å². The summed E-state index contributed by atoms with van der Waals surface area (Å²) in [5.74, 6) is 0.364. The van der Waals surface area contributed by atoms with Gasteiger partial charge in [0.25, 0.3) is 0 Å². The van der Waals surface area contributed by atoms with Gasteiger partial charge in [-0.3, -0.25) is 9.69 Å². The van der Waals surface area contributed by atoms with Gasteiger partial charge >= 0.3 is 5.97 Å². The molecule has 2 heterocycles. The van der Waals surface area contributed by atoms with Crippen LogP contribution >= 0.6 is 0 Å². The second-order valence-corrected chi connectivity index (χ2v) is 5.02. The molecule has 1 atom stereocenters. The maximum absolute atomic E-state index is 11.9. The van der Waals surface area contributed by atoms with Crippen molar-refractivity contribution < 1.29 is 18.7 Å². The highest BCUT2D eigenvalue weighted by Gasteiger charge is 2.29. The van der Waals surface area contributed by atoms with E-state index in [9.17, 15) is 9.59 Å². The summed E-state index contributed by atoms with van der Waals surface area (Å²) in [6.07, 6.45) is 0. The SMILES string of the molecule is CNC(=O)C1CNCCN1Cc1cc(C)c(C(=O)OC)o1. The summed E-state index contributed by atoms with van der Waals surface area (Å²) in [4.78, 5) is 25.5. The second kappa shape index (κ2) is 6.73. The molecule has 0 bridgehead atoms. The number of methoxy groups -OCH3 is 1. The second-order valence-electron chi connectivity index (χ2n) is 5.02. The summed E-state index contributed by atoms with van der Waals surface area (Å²) in [6, 6.07) is 1.57.